The number of unbranched alkanes of at least 4 members (excludes halogenated alkanes) is 1. The minimum Gasteiger partial charge on any atom is -0.493 e. The zero-order chi connectivity index (χ0) is 19.7. The van der Waals surface area contributed by atoms with E-state index >= 15 is 0 Å². The predicted octanol–water partition coefficient (Wildman–Crippen LogP) is 3.44. The molecule has 0 saturated heterocycles. The molecular weight excluding hydrogens is 346 g/mol. The number of hydrogen-bond donors (Lipinski definition) is 0. The van der Waals surface area contributed by atoms with Crippen LogP contribution in [0, 0.1) is 0 Å². The van der Waals surface area contributed by atoms with Gasteiger partial charge in [0.15, 0.2) is 0 Å². The van der Waals surface area contributed by atoms with Gasteiger partial charge in [-0.3, -0.25) is 9.59 Å². The molecule has 152 valence electrons. The van der Waals surface area contributed by atoms with Crippen molar-refractivity contribution in [3.8, 4) is 5.75 Å². The highest BCUT2D eigenvalue weighted by Crippen LogP contribution is 2.09. The van der Waals surface area contributed by atoms with Crippen LogP contribution in [-0.2, 0) is 19.1 Å². The third-order valence-corrected chi connectivity index (χ3v) is 3.93. The number of ether oxygens (including phenoxy) is 3. The van der Waals surface area contributed by atoms with Gasteiger partial charge < -0.3 is 19.1 Å². The lowest BCUT2D eigenvalue weighted by atomic mass is 10.3. The van der Waals surface area contributed by atoms with Crippen molar-refractivity contribution in [1.82, 2.24) is 4.90 Å². The quantitative estimate of drug-likeness (QED) is 0.345. The van der Waals surface area contributed by atoms with Gasteiger partial charge in [0.2, 0.25) is 5.91 Å². The molecule has 0 spiro atoms. The van der Waals surface area contributed by atoms with Crippen molar-refractivity contribution in [3.05, 3.63) is 30.3 Å². The second-order valence-corrected chi connectivity index (χ2v) is 6.17. The second-order valence-electron chi connectivity index (χ2n) is 6.17. The number of hydrogen-bond acceptors (Lipinski definition) is 5. The van der Waals surface area contributed by atoms with Crippen LogP contribution < -0.4 is 4.74 Å². The Hall–Kier alpha value is -2.08. The molecule has 0 atom stereocenters. The summed E-state index contributed by atoms with van der Waals surface area (Å²) in [4.78, 5) is 25.8. The molecule has 27 heavy (non-hydrogen) atoms. The van der Waals surface area contributed by atoms with Crippen molar-refractivity contribution in [1.29, 1.82) is 0 Å². The summed E-state index contributed by atoms with van der Waals surface area (Å²) in [5.74, 6) is 0.437. The Bertz CT molecular complexity index is 521. The fourth-order valence-electron chi connectivity index (χ4n) is 2.46. The van der Waals surface area contributed by atoms with Gasteiger partial charge in [-0.25, -0.2) is 0 Å². The molecule has 0 aromatic heterocycles. The summed E-state index contributed by atoms with van der Waals surface area (Å²) in [7, 11) is 0. The average Bonchev–Trinajstić information content (AvgIpc) is 2.67. The molecule has 1 rings (SSSR count). The summed E-state index contributed by atoms with van der Waals surface area (Å²) in [5, 5.41) is 0. The van der Waals surface area contributed by atoms with Gasteiger partial charge in [-0.15, -0.1) is 0 Å². The van der Waals surface area contributed by atoms with Crippen molar-refractivity contribution in [2.75, 3.05) is 39.5 Å². The molecule has 0 saturated carbocycles. The summed E-state index contributed by atoms with van der Waals surface area (Å²) < 4.78 is 16.1. The highest BCUT2D eigenvalue weighted by Gasteiger charge is 2.15. The summed E-state index contributed by atoms with van der Waals surface area (Å²) >= 11 is 0. The van der Waals surface area contributed by atoms with E-state index in [1.807, 2.05) is 30.3 Å². The Morgan fingerprint density at radius 3 is 2.37 bits per heavy atom. The average molecular weight is 379 g/mol. The Kier molecular flexibility index (Phi) is 12.8. The Balaban J connectivity index is 2.39. The minimum absolute atomic E-state index is 0.0243. The molecule has 6 heteroatoms. The van der Waals surface area contributed by atoms with Gasteiger partial charge in [0.1, 0.15) is 5.75 Å². The van der Waals surface area contributed by atoms with E-state index in [1.165, 1.54) is 0 Å². The highest BCUT2D eigenvalue weighted by molar-refractivity contribution is 5.77. The summed E-state index contributed by atoms with van der Waals surface area (Å²) in [6, 6.07) is 9.41. The number of carbonyl (C=O) groups is 2. The van der Waals surface area contributed by atoms with E-state index in [4.69, 9.17) is 14.2 Å². The first-order valence-electron chi connectivity index (χ1n) is 9.86. The van der Waals surface area contributed by atoms with Gasteiger partial charge in [-0.2, -0.15) is 0 Å². The van der Waals surface area contributed by atoms with Crippen LogP contribution in [0.4, 0.5) is 0 Å². The number of esters is 1. The second kappa shape index (κ2) is 15.0. The number of nitrogens with zero attached hydrogens (tertiary/aromatic N) is 1. The van der Waals surface area contributed by atoms with Crippen LogP contribution in [0.3, 0.4) is 0 Å². The van der Waals surface area contributed by atoms with Crippen LogP contribution in [0.1, 0.15) is 46.0 Å². The van der Waals surface area contributed by atoms with Gasteiger partial charge in [-0.05, 0) is 31.9 Å². The van der Waals surface area contributed by atoms with E-state index in [1.54, 1.807) is 11.8 Å². The molecule has 0 fully saturated rings. The van der Waals surface area contributed by atoms with Gasteiger partial charge in [0.25, 0.3) is 0 Å². The molecule has 0 aliphatic rings. The standard InChI is InChI=1S/C21H33NO5/c1-3-5-16-25-17-9-14-22(15-12-21(24)26-4-2)20(23)13-18-27-19-10-7-6-8-11-19/h6-8,10-11H,3-5,9,12-18H2,1-2H3. The van der Waals surface area contributed by atoms with Crippen LogP contribution in [0.15, 0.2) is 30.3 Å². The Morgan fingerprint density at radius 2 is 1.67 bits per heavy atom. The number of para-hydroxylation sites is 1. The molecule has 0 aliphatic heterocycles. The number of rotatable bonds is 15. The third kappa shape index (κ3) is 11.3. The maximum atomic E-state index is 12.5. The number of carbonyl (C=O) groups excluding carboxylic acids is 2. The fourth-order valence-corrected chi connectivity index (χ4v) is 2.46. The minimum atomic E-state index is -0.282. The van der Waals surface area contributed by atoms with E-state index in [0.29, 0.717) is 32.9 Å². The maximum absolute atomic E-state index is 12.5. The van der Waals surface area contributed by atoms with Crippen LogP contribution in [0.5, 0.6) is 5.75 Å². The Morgan fingerprint density at radius 1 is 0.926 bits per heavy atom. The van der Waals surface area contributed by atoms with Gasteiger partial charge in [0.05, 0.1) is 26.1 Å². The molecule has 0 bridgehead atoms. The third-order valence-electron chi connectivity index (χ3n) is 3.93. The molecule has 1 aromatic rings. The van der Waals surface area contributed by atoms with Gasteiger partial charge in [0, 0.05) is 26.3 Å². The summed E-state index contributed by atoms with van der Waals surface area (Å²) in [5.41, 5.74) is 0. The fraction of sp³-hybridized carbons (Fsp3) is 0.619. The van der Waals surface area contributed by atoms with Crippen LogP contribution in [-0.4, -0.2) is 56.3 Å². The zero-order valence-electron chi connectivity index (χ0n) is 16.7. The van der Waals surface area contributed by atoms with Gasteiger partial charge in [-0.1, -0.05) is 31.5 Å². The smallest absolute Gasteiger partial charge is 0.307 e. The zero-order valence-corrected chi connectivity index (χ0v) is 16.7. The van der Waals surface area contributed by atoms with Crippen molar-refractivity contribution < 1.29 is 23.8 Å². The lowest BCUT2D eigenvalue weighted by Gasteiger charge is -2.22. The lowest BCUT2D eigenvalue weighted by molar-refractivity contribution is -0.144. The Labute approximate surface area is 162 Å². The van der Waals surface area contributed by atoms with E-state index in [9.17, 15) is 9.59 Å². The molecular formula is C21H33NO5. The van der Waals surface area contributed by atoms with Crippen LogP contribution in [0.2, 0.25) is 0 Å². The first-order valence-corrected chi connectivity index (χ1v) is 9.86. The summed E-state index contributed by atoms with van der Waals surface area (Å²) in [6.45, 7) is 6.84. The predicted molar refractivity (Wildman–Crippen MR) is 105 cm³/mol. The van der Waals surface area contributed by atoms with Crippen molar-refractivity contribution in [3.63, 3.8) is 0 Å². The largest absolute Gasteiger partial charge is 0.493 e. The van der Waals surface area contributed by atoms with Crippen LogP contribution in [0.25, 0.3) is 0 Å². The molecule has 1 aromatic carbocycles. The highest BCUT2D eigenvalue weighted by atomic mass is 16.5. The van der Waals surface area contributed by atoms with E-state index < -0.39 is 0 Å². The normalized spacial score (nSPS) is 10.4. The molecule has 0 N–H and O–H groups in total. The van der Waals surface area contributed by atoms with E-state index in [2.05, 4.69) is 6.92 Å². The van der Waals surface area contributed by atoms with Crippen molar-refractivity contribution >= 4 is 11.9 Å². The van der Waals surface area contributed by atoms with Crippen LogP contribution >= 0.6 is 0 Å². The first-order chi connectivity index (χ1) is 13.2. The topological polar surface area (TPSA) is 65.1 Å². The molecule has 0 unspecified atom stereocenters. The molecule has 6 nitrogen and oxygen atoms in total. The molecule has 1 amide bonds. The maximum Gasteiger partial charge on any atom is 0.307 e. The first kappa shape index (κ1) is 23.0. The van der Waals surface area contributed by atoms with E-state index in [-0.39, 0.29) is 24.7 Å². The van der Waals surface area contributed by atoms with Crippen molar-refractivity contribution in [2.45, 2.75) is 46.0 Å². The number of benzene rings is 1. The number of amides is 1. The molecule has 0 heterocycles. The van der Waals surface area contributed by atoms with Gasteiger partial charge >= 0.3 is 5.97 Å². The summed E-state index contributed by atoms with van der Waals surface area (Å²) in [6.07, 6.45) is 3.37. The monoisotopic (exact) mass is 379 g/mol. The molecule has 0 radical (unpaired) electrons. The SMILES string of the molecule is CCCCOCCCN(CCC(=O)OCC)C(=O)CCOc1ccccc1. The van der Waals surface area contributed by atoms with E-state index in [0.717, 1.165) is 31.6 Å². The molecule has 0 aliphatic carbocycles. The lowest BCUT2D eigenvalue weighted by Crippen LogP contribution is -2.35. The van der Waals surface area contributed by atoms with Crippen molar-refractivity contribution in [2.24, 2.45) is 0 Å².